The van der Waals surface area contributed by atoms with Crippen LogP contribution in [-0.4, -0.2) is 47.6 Å². The summed E-state index contributed by atoms with van der Waals surface area (Å²) in [5.74, 6) is -1.08. The minimum absolute atomic E-state index is 0.0202. The SMILES string of the molecule is CCC(C)NC(=O)CN1CC(C(=O)O)C1. The van der Waals surface area contributed by atoms with Crippen LogP contribution in [0.2, 0.25) is 0 Å². The number of aliphatic carboxylic acids is 1. The van der Waals surface area contributed by atoms with E-state index in [0.717, 1.165) is 6.42 Å². The summed E-state index contributed by atoms with van der Waals surface area (Å²) in [4.78, 5) is 23.7. The molecule has 1 unspecified atom stereocenters. The number of likely N-dealkylation sites (tertiary alicyclic amines) is 1. The van der Waals surface area contributed by atoms with Crippen LogP contribution in [-0.2, 0) is 9.59 Å². The fraction of sp³-hybridized carbons (Fsp3) is 0.800. The first-order valence-corrected chi connectivity index (χ1v) is 5.27. The highest BCUT2D eigenvalue weighted by Crippen LogP contribution is 2.14. The van der Waals surface area contributed by atoms with Crippen molar-refractivity contribution in [2.24, 2.45) is 5.92 Å². The molecule has 1 aliphatic heterocycles. The summed E-state index contributed by atoms with van der Waals surface area (Å²) in [5.41, 5.74) is 0. The van der Waals surface area contributed by atoms with E-state index in [1.165, 1.54) is 0 Å². The van der Waals surface area contributed by atoms with Crippen molar-refractivity contribution < 1.29 is 14.7 Å². The van der Waals surface area contributed by atoms with Crippen molar-refractivity contribution in [2.45, 2.75) is 26.3 Å². The van der Waals surface area contributed by atoms with Gasteiger partial charge in [-0.3, -0.25) is 14.5 Å². The predicted octanol–water partition coefficient (Wildman–Crippen LogP) is -0.0825. The van der Waals surface area contributed by atoms with Gasteiger partial charge in [0.2, 0.25) is 5.91 Å². The Hall–Kier alpha value is -1.10. The molecule has 1 amide bonds. The highest BCUT2D eigenvalue weighted by Gasteiger charge is 2.33. The quantitative estimate of drug-likeness (QED) is 0.671. The minimum atomic E-state index is -0.770. The van der Waals surface area contributed by atoms with Gasteiger partial charge in [-0.05, 0) is 13.3 Å². The molecular weight excluding hydrogens is 196 g/mol. The van der Waals surface area contributed by atoms with Crippen molar-refractivity contribution in [1.29, 1.82) is 0 Å². The molecule has 1 atom stereocenters. The van der Waals surface area contributed by atoms with E-state index in [2.05, 4.69) is 5.32 Å². The summed E-state index contributed by atoms with van der Waals surface area (Å²) < 4.78 is 0. The van der Waals surface area contributed by atoms with Gasteiger partial charge in [-0.2, -0.15) is 0 Å². The van der Waals surface area contributed by atoms with Gasteiger partial charge in [-0.1, -0.05) is 6.92 Å². The Labute approximate surface area is 89.4 Å². The molecule has 0 saturated carbocycles. The van der Waals surface area contributed by atoms with Gasteiger partial charge in [0.1, 0.15) is 0 Å². The maximum Gasteiger partial charge on any atom is 0.309 e. The second-order valence-electron chi connectivity index (χ2n) is 4.11. The number of carbonyl (C=O) groups excluding carboxylic acids is 1. The molecule has 0 aliphatic carbocycles. The Morgan fingerprint density at radius 3 is 2.60 bits per heavy atom. The topological polar surface area (TPSA) is 69.6 Å². The van der Waals surface area contributed by atoms with Crippen molar-refractivity contribution in [2.75, 3.05) is 19.6 Å². The fourth-order valence-corrected chi connectivity index (χ4v) is 1.48. The predicted molar refractivity (Wildman–Crippen MR) is 55.5 cm³/mol. The van der Waals surface area contributed by atoms with E-state index in [-0.39, 0.29) is 17.9 Å². The van der Waals surface area contributed by atoms with Crippen LogP contribution in [0.25, 0.3) is 0 Å². The second kappa shape index (κ2) is 5.11. The van der Waals surface area contributed by atoms with Gasteiger partial charge >= 0.3 is 5.97 Å². The summed E-state index contributed by atoms with van der Waals surface area (Å²) in [6.45, 7) is 5.25. The molecule has 1 heterocycles. The van der Waals surface area contributed by atoms with E-state index in [1.807, 2.05) is 18.7 Å². The Bertz CT molecular complexity index is 249. The lowest BCUT2D eigenvalue weighted by molar-refractivity contribution is -0.148. The van der Waals surface area contributed by atoms with Crippen LogP contribution >= 0.6 is 0 Å². The number of nitrogens with one attached hydrogen (secondary N) is 1. The summed E-state index contributed by atoms with van der Waals surface area (Å²) in [6.07, 6.45) is 0.906. The molecule has 1 aliphatic rings. The van der Waals surface area contributed by atoms with Gasteiger partial charge in [0, 0.05) is 19.1 Å². The highest BCUT2D eigenvalue weighted by molar-refractivity contribution is 5.79. The standard InChI is InChI=1S/C10H18N2O3/c1-3-7(2)11-9(13)6-12-4-8(5-12)10(14)15/h7-8H,3-6H2,1-2H3,(H,11,13)(H,14,15). The summed E-state index contributed by atoms with van der Waals surface area (Å²) in [5, 5.41) is 11.5. The van der Waals surface area contributed by atoms with Crippen molar-refractivity contribution in [3.63, 3.8) is 0 Å². The maximum absolute atomic E-state index is 11.4. The van der Waals surface area contributed by atoms with Crippen LogP contribution in [0, 0.1) is 5.92 Å². The molecule has 0 aromatic rings. The first-order valence-electron chi connectivity index (χ1n) is 5.27. The van der Waals surface area contributed by atoms with E-state index in [0.29, 0.717) is 19.6 Å². The third-order valence-electron chi connectivity index (χ3n) is 2.69. The molecule has 0 radical (unpaired) electrons. The van der Waals surface area contributed by atoms with E-state index in [4.69, 9.17) is 5.11 Å². The van der Waals surface area contributed by atoms with Crippen LogP contribution in [0.3, 0.4) is 0 Å². The first kappa shape index (κ1) is 12.0. The Balaban J connectivity index is 2.16. The molecule has 0 spiro atoms. The maximum atomic E-state index is 11.4. The van der Waals surface area contributed by atoms with Gasteiger partial charge in [0.15, 0.2) is 0 Å². The third-order valence-corrected chi connectivity index (χ3v) is 2.69. The zero-order chi connectivity index (χ0) is 11.4. The van der Waals surface area contributed by atoms with E-state index in [9.17, 15) is 9.59 Å². The summed E-state index contributed by atoms with van der Waals surface area (Å²) >= 11 is 0. The molecule has 1 rings (SSSR count). The number of hydrogen-bond acceptors (Lipinski definition) is 3. The van der Waals surface area contributed by atoms with Gasteiger partial charge in [-0.25, -0.2) is 0 Å². The van der Waals surface area contributed by atoms with Gasteiger partial charge < -0.3 is 10.4 Å². The number of carbonyl (C=O) groups is 2. The zero-order valence-electron chi connectivity index (χ0n) is 9.19. The number of nitrogens with zero attached hydrogens (tertiary/aromatic N) is 1. The van der Waals surface area contributed by atoms with Crippen molar-refractivity contribution in [3.05, 3.63) is 0 Å². The van der Waals surface area contributed by atoms with E-state index in [1.54, 1.807) is 0 Å². The Kier molecular flexibility index (Phi) is 4.08. The van der Waals surface area contributed by atoms with Crippen LogP contribution in [0.5, 0.6) is 0 Å². The molecule has 86 valence electrons. The van der Waals surface area contributed by atoms with Crippen molar-refractivity contribution in [1.82, 2.24) is 10.2 Å². The van der Waals surface area contributed by atoms with Crippen LogP contribution in [0.4, 0.5) is 0 Å². The Morgan fingerprint density at radius 2 is 2.13 bits per heavy atom. The summed E-state index contributed by atoms with van der Waals surface area (Å²) in [7, 11) is 0. The number of hydrogen-bond donors (Lipinski definition) is 2. The third kappa shape index (κ3) is 3.51. The van der Waals surface area contributed by atoms with E-state index < -0.39 is 5.97 Å². The minimum Gasteiger partial charge on any atom is -0.481 e. The molecule has 0 aromatic heterocycles. The normalized spacial score (nSPS) is 19.3. The Morgan fingerprint density at radius 1 is 1.53 bits per heavy atom. The molecule has 1 saturated heterocycles. The molecule has 0 aromatic carbocycles. The number of rotatable bonds is 5. The average molecular weight is 214 g/mol. The molecule has 5 nitrogen and oxygen atoms in total. The molecule has 15 heavy (non-hydrogen) atoms. The van der Waals surface area contributed by atoms with Crippen molar-refractivity contribution >= 4 is 11.9 Å². The molecule has 1 fully saturated rings. The number of carboxylic acid groups (broad SMARTS) is 1. The molecule has 2 N–H and O–H groups in total. The largest absolute Gasteiger partial charge is 0.481 e. The second-order valence-corrected chi connectivity index (χ2v) is 4.11. The number of carboxylic acids is 1. The van der Waals surface area contributed by atoms with Gasteiger partial charge in [0.25, 0.3) is 0 Å². The lowest BCUT2D eigenvalue weighted by Crippen LogP contribution is -2.54. The first-order chi connectivity index (χ1) is 7.02. The molecule has 0 bridgehead atoms. The van der Waals surface area contributed by atoms with Gasteiger partial charge in [-0.15, -0.1) is 0 Å². The average Bonchev–Trinajstić information content (AvgIpc) is 2.09. The van der Waals surface area contributed by atoms with Crippen LogP contribution < -0.4 is 5.32 Å². The molecular formula is C10H18N2O3. The van der Waals surface area contributed by atoms with Crippen LogP contribution in [0.15, 0.2) is 0 Å². The molecule has 5 heteroatoms. The monoisotopic (exact) mass is 214 g/mol. The summed E-state index contributed by atoms with van der Waals surface area (Å²) in [6, 6.07) is 0.189. The lowest BCUT2D eigenvalue weighted by atomic mass is 10.0. The van der Waals surface area contributed by atoms with E-state index >= 15 is 0 Å². The zero-order valence-corrected chi connectivity index (χ0v) is 9.19. The van der Waals surface area contributed by atoms with Crippen LogP contribution in [0.1, 0.15) is 20.3 Å². The number of amides is 1. The van der Waals surface area contributed by atoms with Gasteiger partial charge in [0.05, 0.1) is 12.5 Å². The smallest absolute Gasteiger partial charge is 0.309 e. The van der Waals surface area contributed by atoms with Crippen molar-refractivity contribution in [3.8, 4) is 0 Å². The fourth-order valence-electron chi connectivity index (χ4n) is 1.48. The lowest BCUT2D eigenvalue weighted by Gasteiger charge is -2.36. The highest BCUT2D eigenvalue weighted by atomic mass is 16.4.